The van der Waals surface area contributed by atoms with Crippen LogP contribution in [0.1, 0.15) is 72.3 Å². The van der Waals surface area contributed by atoms with E-state index in [1.165, 1.54) is 40.1 Å². The number of phenols is 1. The van der Waals surface area contributed by atoms with E-state index in [-0.39, 0.29) is 42.7 Å². The van der Waals surface area contributed by atoms with Crippen molar-refractivity contribution in [3.05, 3.63) is 88.2 Å². The number of carbonyl (C=O) groups excluding carboxylic acids is 1. The first-order chi connectivity index (χ1) is 20.6. The Morgan fingerprint density at radius 2 is 1.47 bits per heavy atom. The third-order valence-electron chi connectivity index (χ3n) is 8.05. The van der Waals surface area contributed by atoms with Crippen LogP contribution in [0.25, 0.3) is 0 Å². The number of aromatic hydroxyl groups is 1. The van der Waals surface area contributed by atoms with E-state index in [0.717, 1.165) is 30.5 Å². The number of carbonyl (C=O) groups is 2. The van der Waals surface area contributed by atoms with Gasteiger partial charge in [-0.2, -0.15) is 0 Å². The van der Waals surface area contributed by atoms with Gasteiger partial charge in [0.05, 0.1) is 12.6 Å². The Kier molecular flexibility index (Phi) is 9.26. The molecule has 0 aromatic heterocycles. The second kappa shape index (κ2) is 12.9. The minimum atomic E-state index is -2.27. The summed E-state index contributed by atoms with van der Waals surface area (Å²) in [4.78, 5) is 25.7. The first kappa shape index (κ1) is 30.8. The molecular formula is C31H29F5N2O4S. The van der Waals surface area contributed by atoms with Gasteiger partial charge in [-0.1, -0.05) is 43.5 Å². The molecule has 1 heterocycles. The quantitative estimate of drug-likeness (QED) is 0.117. The average molecular weight is 621 g/mol. The third kappa shape index (κ3) is 6.35. The fraction of sp³-hybridized carbons (Fsp3) is 0.355. The van der Waals surface area contributed by atoms with Crippen molar-refractivity contribution >= 4 is 29.5 Å². The SMILES string of the molecule is O=C(O)c1ccc(N(Cc2ccc(C3CCCCC3)cc2)C(=O)C2CCCN2Sc2c(F)c(F)c(F)c(F)c2F)cc1O. The van der Waals surface area contributed by atoms with Gasteiger partial charge in [-0.25, -0.2) is 31.1 Å². The first-order valence-corrected chi connectivity index (χ1v) is 14.8. The molecule has 1 aliphatic carbocycles. The molecular weight excluding hydrogens is 591 g/mol. The predicted octanol–water partition coefficient (Wildman–Crippen LogP) is 7.54. The van der Waals surface area contributed by atoms with Crippen LogP contribution in [0.15, 0.2) is 47.4 Å². The van der Waals surface area contributed by atoms with Crippen LogP contribution in [-0.4, -0.2) is 39.0 Å². The van der Waals surface area contributed by atoms with E-state index in [4.69, 9.17) is 0 Å². The maximum atomic E-state index is 14.5. The largest absolute Gasteiger partial charge is 0.507 e. The van der Waals surface area contributed by atoms with Gasteiger partial charge in [-0.05, 0) is 66.8 Å². The van der Waals surface area contributed by atoms with E-state index in [1.54, 1.807) is 0 Å². The van der Waals surface area contributed by atoms with E-state index in [2.05, 4.69) is 0 Å². The predicted molar refractivity (Wildman–Crippen MR) is 150 cm³/mol. The van der Waals surface area contributed by atoms with Gasteiger partial charge < -0.3 is 15.1 Å². The molecule has 3 aromatic carbocycles. The Bertz CT molecular complexity index is 1500. The molecule has 0 spiro atoms. The molecule has 5 rings (SSSR count). The van der Waals surface area contributed by atoms with Crippen LogP contribution in [0, 0.1) is 29.1 Å². The van der Waals surface area contributed by atoms with Gasteiger partial charge in [0.1, 0.15) is 16.2 Å². The molecule has 0 radical (unpaired) electrons. The Hall–Kier alpha value is -3.64. The van der Waals surface area contributed by atoms with E-state index >= 15 is 0 Å². The van der Waals surface area contributed by atoms with Gasteiger partial charge in [0, 0.05) is 18.3 Å². The summed E-state index contributed by atoms with van der Waals surface area (Å²) < 4.78 is 71.5. The lowest BCUT2D eigenvalue weighted by Gasteiger charge is -2.30. The Labute approximate surface area is 249 Å². The summed E-state index contributed by atoms with van der Waals surface area (Å²) in [5.74, 6) is -12.4. The van der Waals surface area contributed by atoms with Crippen molar-refractivity contribution in [2.45, 2.75) is 68.3 Å². The van der Waals surface area contributed by atoms with Crippen LogP contribution >= 0.6 is 11.9 Å². The highest BCUT2D eigenvalue weighted by Crippen LogP contribution is 2.39. The molecule has 3 aromatic rings. The number of anilines is 1. The van der Waals surface area contributed by atoms with Gasteiger partial charge >= 0.3 is 5.97 Å². The molecule has 43 heavy (non-hydrogen) atoms. The summed E-state index contributed by atoms with van der Waals surface area (Å²) in [6, 6.07) is 10.5. The van der Waals surface area contributed by atoms with E-state index < -0.39 is 57.6 Å². The number of carboxylic acids is 1. The molecule has 228 valence electrons. The molecule has 1 unspecified atom stereocenters. The third-order valence-corrected chi connectivity index (χ3v) is 9.27. The van der Waals surface area contributed by atoms with Crippen molar-refractivity contribution in [3.8, 4) is 5.75 Å². The van der Waals surface area contributed by atoms with Crippen LogP contribution < -0.4 is 4.90 Å². The highest BCUT2D eigenvalue weighted by molar-refractivity contribution is 7.97. The summed E-state index contributed by atoms with van der Waals surface area (Å²) in [6.07, 6.45) is 6.43. The summed E-state index contributed by atoms with van der Waals surface area (Å²) in [7, 11) is 0. The Morgan fingerprint density at radius 1 is 0.837 bits per heavy atom. The van der Waals surface area contributed by atoms with E-state index in [1.807, 2.05) is 24.3 Å². The summed E-state index contributed by atoms with van der Waals surface area (Å²) in [6.45, 7) is 0.154. The minimum Gasteiger partial charge on any atom is -0.507 e. The Balaban J connectivity index is 1.45. The molecule has 1 saturated heterocycles. The number of amides is 1. The molecule has 2 aliphatic rings. The standard InChI is InChI=1S/C31H29F5N2O4S/c32-24-25(33)27(35)29(28(36)26(24)34)43-38-14-4-7-22(38)30(40)37(20-12-13-21(31(41)42)23(39)15-20)16-17-8-10-19(11-9-17)18-5-2-1-3-6-18/h8-13,15,18,22,39H,1-7,14,16H2,(H,41,42). The fourth-order valence-corrected chi connectivity index (χ4v) is 6.85. The van der Waals surface area contributed by atoms with Crippen molar-refractivity contribution in [2.75, 3.05) is 11.4 Å². The van der Waals surface area contributed by atoms with E-state index in [0.29, 0.717) is 12.3 Å². The van der Waals surface area contributed by atoms with Crippen LogP contribution in [0.3, 0.4) is 0 Å². The second-order valence-corrected chi connectivity index (χ2v) is 11.9. The number of hydrogen-bond acceptors (Lipinski definition) is 5. The molecule has 2 fully saturated rings. The zero-order valence-corrected chi connectivity index (χ0v) is 23.8. The van der Waals surface area contributed by atoms with Crippen LogP contribution in [0.2, 0.25) is 0 Å². The van der Waals surface area contributed by atoms with Crippen molar-refractivity contribution < 1.29 is 41.8 Å². The van der Waals surface area contributed by atoms with Gasteiger partial charge in [0.15, 0.2) is 23.3 Å². The van der Waals surface area contributed by atoms with E-state index in [9.17, 15) is 41.8 Å². The number of halogens is 5. The highest BCUT2D eigenvalue weighted by atomic mass is 32.2. The van der Waals surface area contributed by atoms with Gasteiger partial charge in [0.25, 0.3) is 0 Å². The second-order valence-electron chi connectivity index (χ2n) is 10.8. The number of hydrogen-bond donors (Lipinski definition) is 2. The van der Waals surface area contributed by atoms with Crippen molar-refractivity contribution in [1.29, 1.82) is 0 Å². The van der Waals surface area contributed by atoms with Gasteiger partial charge in [-0.15, -0.1) is 0 Å². The van der Waals surface area contributed by atoms with Crippen LogP contribution in [-0.2, 0) is 11.3 Å². The topological polar surface area (TPSA) is 81.1 Å². The summed E-state index contributed by atoms with van der Waals surface area (Å²) in [5, 5.41) is 19.7. The molecule has 6 nitrogen and oxygen atoms in total. The number of carboxylic acid groups (broad SMARTS) is 1. The van der Waals surface area contributed by atoms with Crippen LogP contribution in [0.4, 0.5) is 27.6 Å². The number of nitrogens with zero attached hydrogens (tertiary/aromatic N) is 2. The van der Waals surface area contributed by atoms with Crippen LogP contribution in [0.5, 0.6) is 5.75 Å². The number of aromatic carboxylic acids is 1. The maximum absolute atomic E-state index is 14.5. The molecule has 1 amide bonds. The fourth-order valence-electron chi connectivity index (χ4n) is 5.74. The summed E-state index contributed by atoms with van der Waals surface area (Å²) >= 11 is 0.286. The first-order valence-electron chi connectivity index (χ1n) is 14.0. The Morgan fingerprint density at radius 3 is 2.07 bits per heavy atom. The monoisotopic (exact) mass is 620 g/mol. The van der Waals surface area contributed by atoms with Crippen molar-refractivity contribution in [3.63, 3.8) is 0 Å². The average Bonchev–Trinajstić information content (AvgIpc) is 3.48. The van der Waals surface area contributed by atoms with Gasteiger partial charge in [-0.3, -0.25) is 4.79 Å². The lowest BCUT2D eigenvalue weighted by Crippen LogP contribution is -2.43. The zero-order chi connectivity index (χ0) is 30.8. The zero-order valence-electron chi connectivity index (χ0n) is 23.0. The smallest absolute Gasteiger partial charge is 0.339 e. The molecule has 12 heteroatoms. The lowest BCUT2D eigenvalue weighted by molar-refractivity contribution is -0.121. The van der Waals surface area contributed by atoms with Gasteiger partial charge in [0.2, 0.25) is 11.7 Å². The highest BCUT2D eigenvalue weighted by Gasteiger charge is 2.38. The number of rotatable bonds is 8. The maximum Gasteiger partial charge on any atom is 0.339 e. The lowest BCUT2D eigenvalue weighted by atomic mass is 9.84. The van der Waals surface area contributed by atoms with Crippen molar-refractivity contribution in [2.24, 2.45) is 0 Å². The minimum absolute atomic E-state index is 0.0210. The molecule has 1 saturated carbocycles. The molecule has 0 bridgehead atoms. The number of benzene rings is 3. The van der Waals surface area contributed by atoms with Crippen molar-refractivity contribution in [1.82, 2.24) is 4.31 Å². The molecule has 1 aliphatic heterocycles. The molecule has 1 atom stereocenters. The normalized spacial score (nSPS) is 17.7. The molecule has 2 N–H and O–H groups in total. The summed E-state index contributed by atoms with van der Waals surface area (Å²) in [5.41, 5.74) is 1.76.